The molecule has 3 N–H and O–H groups in total. The molecule has 0 saturated carbocycles. The van der Waals surface area contributed by atoms with E-state index >= 15 is 0 Å². The van der Waals surface area contributed by atoms with Gasteiger partial charge in [-0.05, 0) is 50.1 Å². The van der Waals surface area contributed by atoms with Gasteiger partial charge in [0.2, 0.25) is 0 Å². The molecule has 0 aliphatic carbocycles. The summed E-state index contributed by atoms with van der Waals surface area (Å²) in [5, 5.41) is 27.5. The van der Waals surface area contributed by atoms with Gasteiger partial charge in [0.1, 0.15) is 17.1 Å². The molecule has 4 rings (SSSR count). The number of carbonyl (C=O) groups is 1. The number of aromatic nitrogens is 2. The lowest BCUT2D eigenvalue weighted by Gasteiger charge is -2.26. The lowest BCUT2D eigenvalue weighted by molar-refractivity contribution is 0.0706. The first-order valence-electron chi connectivity index (χ1n) is 11.7. The number of rotatable bonds is 10. The highest BCUT2D eigenvalue weighted by Crippen LogP contribution is 2.45. The number of fused-ring (bicyclic) bond motifs is 1. The van der Waals surface area contributed by atoms with Crippen LogP contribution in [0, 0.1) is 6.92 Å². The van der Waals surface area contributed by atoms with Gasteiger partial charge in [-0.1, -0.05) is 31.0 Å². The van der Waals surface area contributed by atoms with Crippen LogP contribution in [-0.4, -0.2) is 57.6 Å². The molecule has 3 aromatic rings. The van der Waals surface area contributed by atoms with E-state index in [0.717, 1.165) is 24.0 Å². The zero-order chi connectivity index (χ0) is 24.2. The number of unbranched alkanes of at least 4 members (excludes halogenated alkanes) is 1. The summed E-state index contributed by atoms with van der Waals surface area (Å²) in [6.07, 6.45) is 1.97. The lowest BCUT2D eigenvalue weighted by atomic mass is 9.95. The van der Waals surface area contributed by atoms with Crippen molar-refractivity contribution < 1.29 is 24.5 Å². The molecule has 1 unspecified atom stereocenters. The van der Waals surface area contributed by atoms with Crippen molar-refractivity contribution in [3.8, 4) is 28.5 Å². The van der Waals surface area contributed by atoms with Gasteiger partial charge in [0.25, 0.3) is 5.91 Å². The van der Waals surface area contributed by atoms with Gasteiger partial charge in [-0.25, -0.2) is 0 Å². The van der Waals surface area contributed by atoms with Gasteiger partial charge in [0.05, 0.1) is 25.9 Å². The number of amides is 1. The van der Waals surface area contributed by atoms with Crippen LogP contribution in [0.3, 0.4) is 0 Å². The van der Waals surface area contributed by atoms with Crippen molar-refractivity contribution in [3.05, 3.63) is 58.8 Å². The van der Waals surface area contributed by atoms with Gasteiger partial charge >= 0.3 is 0 Å². The normalized spacial score (nSPS) is 15.0. The molecule has 1 atom stereocenters. The number of nitrogens with one attached hydrogen (secondary N) is 1. The molecule has 8 heteroatoms. The van der Waals surface area contributed by atoms with E-state index in [4.69, 9.17) is 9.47 Å². The highest BCUT2D eigenvalue weighted by molar-refractivity contribution is 6.00. The van der Waals surface area contributed by atoms with Crippen LogP contribution in [0.5, 0.6) is 17.2 Å². The van der Waals surface area contributed by atoms with E-state index in [0.29, 0.717) is 47.2 Å². The van der Waals surface area contributed by atoms with Crippen LogP contribution in [0.2, 0.25) is 0 Å². The number of aromatic amines is 1. The van der Waals surface area contributed by atoms with Crippen LogP contribution >= 0.6 is 0 Å². The Morgan fingerprint density at radius 3 is 2.68 bits per heavy atom. The van der Waals surface area contributed by atoms with Crippen LogP contribution < -0.4 is 9.47 Å². The summed E-state index contributed by atoms with van der Waals surface area (Å²) in [6.45, 7) is 6.99. The summed E-state index contributed by atoms with van der Waals surface area (Å²) in [6, 6.07) is 10.4. The van der Waals surface area contributed by atoms with Gasteiger partial charge in [0.15, 0.2) is 11.5 Å². The second-order valence-corrected chi connectivity index (χ2v) is 8.35. The lowest BCUT2D eigenvalue weighted by Crippen LogP contribution is -2.32. The molecule has 2 heterocycles. The Hall–Kier alpha value is -3.52. The maximum atomic E-state index is 13.2. The zero-order valence-electron chi connectivity index (χ0n) is 19.8. The number of phenolic OH excluding ortho intramolecular Hbond substituents is 1. The monoisotopic (exact) mass is 465 g/mol. The summed E-state index contributed by atoms with van der Waals surface area (Å²) >= 11 is 0. The number of aliphatic hydroxyl groups is 1. The maximum absolute atomic E-state index is 13.2. The molecule has 1 aliphatic rings. The Morgan fingerprint density at radius 1 is 1.12 bits per heavy atom. The minimum atomic E-state index is -0.507. The summed E-state index contributed by atoms with van der Waals surface area (Å²) < 4.78 is 11.8. The molecule has 34 heavy (non-hydrogen) atoms. The number of hydrogen-bond acceptors (Lipinski definition) is 6. The predicted molar refractivity (Wildman–Crippen MR) is 128 cm³/mol. The highest BCUT2D eigenvalue weighted by Gasteiger charge is 2.42. The summed E-state index contributed by atoms with van der Waals surface area (Å²) in [7, 11) is 0. The number of aromatic hydroxyl groups is 1. The quantitative estimate of drug-likeness (QED) is 0.387. The zero-order valence-corrected chi connectivity index (χ0v) is 19.8. The third kappa shape index (κ3) is 4.33. The van der Waals surface area contributed by atoms with Crippen LogP contribution in [-0.2, 0) is 0 Å². The van der Waals surface area contributed by atoms with Gasteiger partial charge in [-0.15, -0.1) is 0 Å². The number of hydrogen-bond donors (Lipinski definition) is 3. The smallest absolute Gasteiger partial charge is 0.273 e. The average Bonchev–Trinajstić information content (AvgIpc) is 3.36. The first-order valence-corrected chi connectivity index (χ1v) is 11.7. The Balaban J connectivity index is 1.83. The number of β-amino-alcohol motifs (C(OH)–C–C–N with tert-alkyl or cyclic N) is 1. The van der Waals surface area contributed by atoms with Crippen LogP contribution in [0.4, 0.5) is 0 Å². The first kappa shape index (κ1) is 23.6. The minimum Gasteiger partial charge on any atom is -0.507 e. The second-order valence-electron chi connectivity index (χ2n) is 8.35. The molecule has 2 aromatic carbocycles. The molecule has 8 nitrogen and oxygen atoms in total. The van der Waals surface area contributed by atoms with E-state index in [1.54, 1.807) is 11.0 Å². The van der Waals surface area contributed by atoms with E-state index in [9.17, 15) is 15.0 Å². The fourth-order valence-corrected chi connectivity index (χ4v) is 4.34. The molecule has 1 aliphatic heterocycles. The second kappa shape index (κ2) is 10.2. The van der Waals surface area contributed by atoms with Crippen molar-refractivity contribution in [2.75, 3.05) is 26.4 Å². The summed E-state index contributed by atoms with van der Waals surface area (Å²) in [5.41, 5.74) is 3.85. The fraction of sp³-hybridized carbons (Fsp3) is 0.385. The average molecular weight is 466 g/mol. The molecular weight excluding hydrogens is 434 g/mol. The maximum Gasteiger partial charge on any atom is 0.273 e. The Bertz CT molecular complexity index is 1170. The molecule has 1 aromatic heterocycles. The topological polar surface area (TPSA) is 108 Å². The van der Waals surface area contributed by atoms with E-state index in [2.05, 4.69) is 17.1 Å². The van der Waals surface area contributed by atoms with Crippen molar-refractivity contribution in [1.29, 1.82) is 0 Å². The summed E-state index contributed by atoms with van der Waals surface area (Å²) in [4.78, 5) is 14.9. The summed E-state index contributed by atoms with van der Waals surface area (Å²) in [5.74, 6) is 1.09. The molecule has 180 valence electrons. The number of H-pyrrole nitrogens is 1. The molecule has 0 radical (unpaired) electrons. The highest BCUT2D eigenvalue weighted by atomic mass is 16.5. The number of aryl methyl sites for hydroxylation is 1. The van der Waals surface area contributed by atoms with Crippen molar-refractivity contribution >= 4 is 5.91 Å². The largest absolute Gasteiger partial charge is 0.507 e. The van der Waals surface area contributed by atoms with E-state index in [1.165, 1.54) is 0 Å². The molecule has 0 fully saturated rings. The third-order valence-corrected chi connectivity index (χ3v) is 5.95. The fourth-order valence-electron chi connectivity index (χ4n) is 4.34. The Kier molecular flexibility index (Phi) is 7.07. The van der Waals surface area contributed by atoms with Crippen LogP contribution in [0.1, 0.15) is 59.9 Å². The molecule has 0 spiro atoms. The Morgan fingerprint density at radius 2 is 1.94 bits per heavy atom. The number of benzene rings is 2. The van der Waals surface area contributed by atoms with Crippen LogP contribution in [0.25, 0.3) is 11.3 Å². The number of nitrogens with zero attached hydrogens (tertiary/aromatic N) is 2. The van der Waals surface area contributed by atoms with Crippen molar-refractivity contribution in [3.63, 3.8) is 0 Å². The van der Waals surface area contributed by atoms with Gasteiger partial charge in [0, 0.05) is 17.7 Å². The van der Waals surface area contributed by atoms with Crippen molar-refractivity contribution in [1.82, 2.24) is 15.1 Å². The number of aliphatic hydroxyl groups excluding tert-OH is 1. The molecule has 0 bridgehead atoms. The SMILES string of the molecule is CCCCOc1ccc(C2c3c(-c4cc(C)ccc4O)n[nH]c3C(=O)N2CCO)cc1OCC. The number of ether oxygens (including phenoxy) is 2. The molecular formula is C26H31N3O5. The standard InChI is InChI=1S/C26H31N3O5/c1-4-6-13-34-20-10-8-17(15-21(20)33-5-2)25-22-23(18-14-16(3)7-9-19(18)31)27-28-24(22)26(32)29(25)11-12-30/h7-10,14-15,25,30-31H,4-6,11-13H2,1-3H3,(H,27,28). The first-order chi connectivity index (χ1) is 16.5. The Labute approximate surface area is 199 Å². The molecule has 0 saturated heterocycles. The molecule has 1 amide bonds. The third-order valence-electron chi connectivity index (χ3n) is 5.95. The van der Waals surface area contributed by atoms with Gasteiger partial charge in [-0.3, -0.25) is 9.89 Å². The van der Waals surface area contributed by atoms with Crippen molar-refractivity contribution in [2.24, 2.45) is 0 Å². The predicted octanol–water partition coefficient (Wildman–Crippen LogP) is 4.21. The van der Waals surface area contributed by atoms with E-state index < -0.39 is 6.04 Å². The number of phenols is 1. The van der Waals surface area contributed by atoms with Gasteiger partial charge in [-0.2, -0.15) is 5.10 Å². The minimum absolute atomic E-state index is 0.0846. The van der Waals surface area contributed by atoms with Crippen molar-refractivity contribution in [2.45, 2.75) is 39.7 Å². The van der Waals surface area contributed by atoms with E-state index in [-0.39, 0.29) is 24.8 Å². The number of carbonyl (C=O) groups excluding carboxylic acids is 1. The van der Waals surface area contributed by atoms with Crippen LogP contribution in [0.15, 0.2) is 36.4 Å². The van der Waals surface area contributed by atoms with Gasteiger partial charge < -0.3 is 24.6 Å². The van der Waals surface area contributed by atoms with E-state index in [1.807, 2.05) is 44.2 Å².